The summed E-state index contributed by atoms with van der Waals surface area (Å²) in [4.78, 5) is 12.1. The minimum Gasteiger partial charge on any atom is -0.338 e. The van der Waals surface area contributed by atoms with Gasteiger partial charge < -0.3 is 10.6 Å². The molecule has 2 aromatic carbocycles. The van der Waals surface area contributed by atoms with Gasteiger partial charge in [-0.15, -0.1) is 10.2 Å². The lowest BCUT2D eigenvalue weighted by Crippen LogP contribution is -2.14. The van der Waals surface area contributed by atoms with Crippen LogP contribution in [0.5, 0.6) is 0 Å². The van der Waals surface area contributed by atoms with E-state index in [2.05, 4.69) is 20.8 Å². The number of halogens is 2. The summed E-state index contributed by atoms with van der Waals surface area (Å²) in [5.41, 5.74) is 2.33. The molecule has 0 spiro atoms. The fraction of sp³-hybridized carbons (Fsp3) is 0.0556. The predicted molar refractivity (Wildman–Crippen MR) is 95.9 cm³/mol. The molecule has 2 N–H and O–H groups in total. The first kappa shape index (κ1) is 16.9. The van der Waals surface area contributed by atoms with E-state index in [0.717, 1.165) is 11.3 Å². The normalized spacial score (nSPS) is 10.4. The lowest BCUT2D eigenvalue weighted by atomic mass is 10.2. The monoisotopic (exact) mass is 356 g/mol. The summed E-state index contributed by atoms with van der Waals surface area (Å²) in [6.07, 6.45) is 0. The molecule has 0 fully saturated rings. The summed E-state index contributed by atoms with van der Waals surface area (Å²) < 4.78 is 12.9. The van der Waals surface area contributed by atoms with Crippen molar-refractivity contribution in [1.82, 2.24) is 10.2 Å². The Morgan fingerprint density at radius 1 is 1.04 bits per heavy atom. The molecular formula is C18H14ClFN4O. The molecule has 0 saturated carbocycles. The molecule has 1 amide bonds. The molecule has 1 aromatic heterocycles. The number of nitrogens with one attached hydrogen (secondary N) is 2. The summed E-state index contributed by atoms with van der Waals surface area (Å²) in [6, 6.07) is 14.2. The quantitative estimate of drug-likeness (QED) is 0.718. The summed E-state index contributed by atoms with van der Waals surface area (Å²) in [7, 11) is 0. The van der Waals surface area contributed by atoms with Crippen LogP contribution in [0.3, 0.4) is 0 Å². The number of hydrogen-bond donors (Lipinski definition) is 2. The molecule has 7 heteroatoms. The first-order valence-electron chi connectivity index (χ1n) is 7.46. The third kappa shape index (κ3) is 4.10. The lowest BCUT2D eigenvalue weighted by Gasteiger charge is -2.09. The maximum Gasteiger partial charge on any atom is 0.276 e. The molecule has 0 unspecified atom stereocenters. The Labute approximate surface area is 148 Å². The number of benzene rings is 2. The van der Waals surface area contributed by atoms with Crippen LogP contribution >= 0.6 is 11.6 Å². The molecule has 25 heavy (non-hydrogen) atoms. The van der Waals surface area contributed by atoms with Crippen molar-refractivity contribution < 1.29 is 9.18 Å². The number of carbonyl (C=O) groups excluding carboxylic acids is 1. The van der Waals surface area contributed by atoms with Crippen molar-refractivity contribution in [2.75, 3.05) is 10.6 Å². The summed E-state index contributed by atoms with van der Waals surface area (Å²) >= 11 is 6.08. The number of rotatable bonds is 4. The molecule has 5 nitrogen and oxygen atoms in total. The van der Waals surface area contributed by atoms with Gasteiger partial charge in [-0.1, -0.05) is 17.7 Å². The van der Waals surface area contributed by atoms with Gasteiger partial charge in [-0.05, 0) is 61.0 Å². The van der Waals surface area contributed by atoms with Crippen molar-refractivity contribution >= 4 is 34.7 Å². The zero-order valence-corrected chi connectivity index (χ0v) is 14.0. The zero-order valence-electron chi connectivity index (χ0n) is 13.3. The molecule has 0 atom stereocenters. The maximum absolute atomic E-state index is 12.9. The molecule has 0 bridgehead atoms. The first-order valence-corrected chi connectivity index (χ1v) is 7.83. The van der Waals surface area contributed by atoms with Gasteiger partial charge in [-0.25, -0.2) is 4.39 Å². The van der Waals surface area contributed by atoms with Gasteiger partial charge in [0.05, 0.1) is 0 Å². The molecule has 0 aliphatic carbocycles. The molecule has 3 aromatic rings. The number of anilines is 3. The number of carbonyl (C=O) groups is 1. The van der Waals surface area contributed by atoms with E-state index < -0.39 is 5.91 Å². The Hall–Kier alpha value is -2.99. The van der Waals surface area contributed by atoms with Crippen LogP contribution in [-0.4, -0.2) is 16.1 Å². The van der Waals surface area contributed by atoms with E-state index in [4.69, 9.17) is 11.6 Å². The number of hydrogen-bond acceptors (Lipinski definition) is 4. The van der Waals surface area contributed by atoms with Crippen molar-refractivity contribution in [2.24, 2.45) is 0 Å². The molecule has 1 heterocycles. The predicted octanol–water partition coefficient (Wildman–Crippen LogP) is 4.57. The van der Waals surface area contributed by atoms with Crippen LogP contribution in [0.2, 0.25) is 5.02 Å². The van der Waals surface area contributed by atoms with Crippen molar-refractivity contribution in [2.45, 2.75) is 6.92 Å². The topological polar surface area (TPSA) is 66.9 Å². The zero-order chi connectivity index (χ0) is 17.8. The Bertz CT molecular complexity index is 898. The first-order chi connectivity index (χ1) is 12.0. The summed E-state index contributed by atoms with van der Waals surface area (Å²) in [6.45, 7) is 1.89. The van der Waals surface area contributed by atoms with Gasteiger partial charge in [-0.2, -0.15) is 0 Å². The average molecular weight is 357 g/mol. The minimum absolute atomic E-state index is 0.151. The van der Waals surface area contributed by atoms with Crippen LogP contribution in [0.1, 0.15) is 16.1 Å². The van der Waals surface area contributed by atoms with Crippen LogP contribution < -0.4 is 10.6 Å². The van der Waals surface area contributed by atoms with Crippen molar-refractivity contribution in [3.05, 3.63) is 76.7 Å². The second kappa shape index (κ2) is 7.27. The third-order valence-electron chi connectivity index (χ3n) is 3.53. The molecular weight excluding hydrogens is 343 g/mol. The highest BCUT2D eigenvalue weighted by Crippen LogP contribution is 2.25. The highest BCUT2D eigenvalue weighted by molar-refractivity contribution is 6.31. The van der Waals surface area contributed by atoms with Gasteiger partial charge in [0.2, 0.25) is 0 Å². The summed E-state index contributed by atoms with van der Waals surface area (Å²) in [5.74, 6) is -0.308. The minimum atomic E-state index is -0.426. The highest BCUT2D eigenvalue weighted by atomic mass is 35.5. The smallest absolute Gasteiger partial charge is 0.276 e. The Morgan fingerprint density at radius 3 is 2.48 bits per heavy atom. The molecule has 0 radical (unpaired) electrons. The molecule has 3 rings (SSSR count). The van der Waals surface area contributed by atoms with Gasteiger partial charge in [0.15, 0.2) is 11.5 Å². The van der Waals surface area contributed by atoms with Crippen LogP contribution in [0.25, 0.3) is 0 Å². The standard InChI is InChI=1S/C18H14ClFN4O/c1-11-14(19)3-2-4-15(11)22-17-10-9-16(23-24-17)18(25)21-13-7-5-12(20)6-8-13/h2-10H,1H3,(H,21,25)(H,22,24). The summed E-state index contributed by atoms with van der Waals surface area (Å²) in [5, 5.41) is 14.3. The largest absolute Gasteiger partial charge is 0.338 e. The fourth-order valence-electron chi connectivity index (χ4n) is 2.13. The van der Waals surface area contributed by atoms with Gasteiger partial charge in [-0.3, -0.25) is 4.79 Å². The van der Waals surface area contributed by atoms with E-state index in [1.165, 1.54) is 24.3 Å². The van der Waals surface area contributed by atoms with Gasteiger partial charge in [0.25, 0.3) is 5.91 Å². The fourth-order valence-corrected chi connectivity index (χ4v) is 2.30. The van der Waals surface area contributed by atoms with Gasteiger partial charge >= 0.3 is 0 Å². The number of aromatic nitrogens is 2. The van der Waals surface area contributed by atoms with Crippen LogP contribution in [0.4, 0.5) is 21.6 Å². The Balaban J connectivity index is 1.70. The second-order valence-electron chi connectivity index (χ2n) is 5.30. The Kier molecular flexibility index (Phi) is 4.90. The number of amides is 1. The molecule has 0 aliphatic heterocycles. The maximum atomic E-state index is 12.9. The van der Waals surface area contributed by atoms with E-state index in [9.17, 15) is 9.18 Å². The molecule has 0 saturated heterocycles. The SMILES string of the molecule is Cc1c(Cl)cccc1Nc1ccc(C(=O)Nc2ccc(F)cc2)nn1. The highest BCUT2D eigenvalue weighted by Gasteiger charge is 2.10. The van der Waals surface area contributed by atoms with Gasteiger partial charge in [0, 0.05) is 16.4 Å². The van der Waals surface area contributed by atoms with E-state index in [-0.39, 0.29) is 11.5 Å². The van der Waals surface area contributed by atoms with Crippen molar-refractivity contribution in [3.8, 4) is 0 Å². The van der Waals surface area contributed by atoms with Crippen LogP contribution in [0, 0.1) is 12.7 Å². The van der Waals surface area contributed by atoms with Crippen molar-refractivity contribution in [3.63, 3.8) is 0 Å². The third-order valence-corrected chi connectivity index (χ3v) is 3.94. The van der Waals surface area contributed by atoms with E-state index in [1.54, 1.807) is 18.2 Å². The average Bonchev–Trinajstić information content (AvgIpc) is 2.61. The Morgan fingerprint density at radius 2 is 1.80 bits per heavy atom. The van der Waals surface area contributed by atoms with E-state index in [1.807, 2.05) is 19.1 Å². The van der Waals surface area contributed by atoms with Crippen LogP contribution in [0.15, 0.2) is 54.6 Å². The van der Waals surface area contributed by atoms with Crippen molar-refractivity contribution in [1.29, 1.82) is 0 Å². The van der Waals surface area contributed by atoms with Crippen LogP contribution in [-0.2, 0) is 0 Å². The number of nitrogens with zero attached hydrogens (tertiary/aromatic N) is 2. The second-order valence-corrected chi connectivity index (χ2v) is 5.71. The molecule has 126 valence electrons. The lowest BCUT2D eigenvalue weighted by molar-refractivity contribution is 0.102. The van der Waals surface area contributed by atoms with E-state index >= 15 is 0 Å². The van der Waals surface area contributed by atoms with E-state index in [0.29, 0.717) is 16.5 Å². The van der Waals surface area contributed by atoms with Gasteiger partial charge in [0.1, 0.15) is 5.82 Å². The molecule has 0 aliphatic rings.